The van der Waals surface area contributed by atoms with Gasteiger partial charge in [-0.25, -0.2) is 0 Å². The van der Waals surface area contributed by atoms with Crippen LogP contribution in [0.15, 0.2) is 30.3 Å². The maximum atomic E-state index is 12.6. The summed E-state index contributed by atoms with van der Waals surface area (Å²) in [4.78, 5) is 24.8. The third-order valence-corrected chi connectivity index (χ3v) is 5.27. The number of ether oxygens (including phenoxy) is 1. The Labute approximate surface area is 141 Å². The standard InChI is InChI=1S/C18H23N2O4/c1-3-24-17(22)15-12(2)16(15)18(14(21)11-20(23)19-18)10-9-13-7-5-4-6-8-13/h4-8,12,15-16,19H,3,9-11H2,1-2H3/q-1. The molecule has 1 saturated heterocycles. The Morgan fingerprint density at radius 1 is 1.42 bits per heavy atom. The molecule has 6 nitrogen and oxygen atoms in total. The SMILES string of the molecule is CCOC(=O)C1C(C)C1C1(CCc2ccccc2)NN([O-])CC1=O. The van der Waals surface area contributed by atoms with E-state index in [9.17, 15) is 14.8 Å². The van der Waals surface area contributed by atoms with E-state index in [1.165, 1.54) is 0 Å². The zero-order valence-electron chi connectivity index (χ0n) is 14.0. The highest BCUT2D eigenvalue weighted by Gasteiger charge is 2.66. The van der Waals surface area contributed by atoms with E-state index in [0.717, 1.165) is 5.56 Å². The quantitative estimate of drug-likeness (QED) is 0.799. The molecule has 0 spiro atoms. The molecule has 6 heteroatoms. The predicted octanol–water partition coefficient (Wildman–Crippen LogP) is 1.69. The fourth-order valence-corrected chi connectivity index (χ4v) is 4.02. The smallest absolute Gasteiger partial charge is 0.309 e. The van der Waals surface area contributed by atoms with Crippen molar-refractivity contribution in [2.45, 2.75) is 32.2 Å². The van der Waals surface area contributed by atoms with Crippen LogP contribution in [0.1, 0.15) is 25.8 Å². The monoisotopic (exact) mass is 331 g/mol. The Morgan fingerprint density at radius 3 is 2.71 bits per heavy atom. The van der Waals surface area contributed by atoms with E-state index in [1.807, 2.05) is 37.3 Å². The van der Waals surface area contributed by atoms with Gasteiger partial charge in [-0.05, 0) is 31.2 Å². The van der Waals surface area contributed by atoms with Crippen LogP contribution >= 0.6 is 0 Å². The number of esters is 1. The summed E-state index contributed by atoms with van der Waals surface area (Å²) in [6.45, 7) is 3.86. The molecular formula is C18H23N2O4-. The largest absolute Gasteiger partial charge is 0.771 e. The minimum Gasteiger partial charge on any atom is -0.771 e. The number of carbonyl (C=O) groups excluding carboxylic acids is 2. The molecular weight excluding hydrogens is 308 g/mol. The third-order valence-electron chi connectivity index (χ3n) is 5.27. The average Bonchev–Trinajstić information content (AvgIpc) is 3.15. The number of nitrogens with one attached hydrogen (secondary N) is 1. The molecule has 1 saturated carbocycles. The summed E-state index contributed by atoms with van der Waals surface area (Å²) in [7, 11) is 0. The van der Waals surface area contributed by atoms with E-state index in [-0.39, 0.29) is 36.1 Å². The molecule has 1 aliphatic carbocycles. The van der Waals surface area contributed by atoms with Crippen molar-refractivity contribution in [2.24, 2.45) is 17.8 Å². The second-order valence-electron chi connectivity index (χ2n) is 6.69. The number of hydrogen-bond donors (Lipinski definition) is 1. The fraction of sp³-hybridized carbons (Fsp3) is 0.556. The first kappa shape index (κ1) is 17.1. The first-order valence-electron chi connectivity index (χ1n) is 8.46. The van der Waals surface area contributed by atoms with Crippen LogP contribution in [0, 0.1) is 23.0 Å². The number of hydrazine groups is 1. The number of benzene rings is 1. The van der Waals surface area contributed by atoms with Crippen LogP contribution in [-0.4, -0.2) is 35.6 Å². The summed E-state index contributed by atoms with van der Waals surface area (Å²) in [5.74, 6) is -0.872. The molecule has 2 aliphatic rings. The van der Waals surface area contributed by atoms with Gasteiger partial charge in [-0.1, -0.05) is 37.3 Å². The number of ketones is 1. The molecule has 1 heterocycles. The molecule has 2 fully saturated rings. The van der Waals surface area contributed by atoms with Crippen molar-refractivity contribution in [1.82, 2.24) is 10.6 Å². The van der Waals surface area contributed by atoms with Crippen molar-refractivity contribution in [3.05, 3.63) is 41.1 Å². The van der Waals surface area contributed by atoms with Crippen LogP contribution in [0.4, 0.5) is 0 Å². The van der Waals surface area contributed by atoms with Crippen molar-refractivity contribution >= 4 is 11.8 Å². The zero-order valence-corrected chi connectivity index (χ0v) is 14.0. The van der Waals surface area contributed by atoms with Crippen molar-refractivity contribution in [3.8, 4) is 0 Å². The van der Waals surface area contributed by atoms with Crippen LogP contribution in [0.5, 0.6) is 0 Å². The molecule has 4 atom stereocenters. The first-order valence-corrected chi connectivity index (χ1v) is 8.46. The minimum absolute atomic E-state index is 0.0303. The molecule has 1 aliphatic heterocycles. The van der Waals surface area contributed by atoms with E-state index in [4.69, 9.17) is 4.74 Å². The lowest BCUT2D eigenvalue weighted by Crippen LogP contribution is -2.51. The van der Waals surface area contributed by atoms with E-state index in [1.54, 1.807) is 6.92 Å². The number of hydroxylamine groups is 1. The maximum absolute atomic E-state index is 12.6. The van der Waals surface area contributed by atoms with Crippen LogP contribution in [0.2, 0.25) is 0 Å². The van der Waals surface area contributed by atoms with Gasteiger partial charge in [0.25, 0.3) is 0 Å². The third kappa shape index (κ3) is 2.97. The Hall–Kier alpha value is -1.76. The summed E-state index contributed by atoms with van der Waals surface area (Å²) < 4.78 is 5.13. The van der Waals surface area contributed by atoms with Crippen molar-refractivity contribution in [3.63, 3.8) is 0 Å². The minimum atomic E-state index is -0.964. The molecule has 3 rings (SSSR count). The van der Waals surface area contributed by atoms with Gasteiger partial charge >= 0.3 is 5.97 Å². The number of Topliss-reactive ketones (excluding diaryl/α,β-unsaturated/α-hetero) is 1. The van der Waals surface area contributed by atoms with E-state index < -0.39 is 5.54 Å². The summed E-state index contributed by atoms with van der Waals surface area (Å²) in [5, 5.41) is 12.4. The van der Waals surface area contributed by atoms with Crippen LogP contribution in [0.25, 0.3) is 0 Å². The molecule has 130 valence electrons. The Kier molecular flexibility index (Phi) is 4.71. The molecule has 0 radical (unpaired) electrons. The van der Waals surface area contributed by atoms with Crippen molar-refractivity contribution < 1.29 is 14.3 Å². The molecule has 1 aromatic carbocycles. The zero-order chi connectivity index (χ0) is 17.3. The fourth-order valence-electron chi connectivity index (χ4n) is 4.02. The van der Waals surface area contributed by atoms with E-state index in [2.05, 4.69) is 5.43 Å². The molecule has 0 bridgehead atoms. The highest BCUT2D eigenvalue weighted by Crippen LogP contribution is 2.55. The summed E-state index contributed by atoms with van der Waals surface area (Å²) in [5.41, 5.74) is 2.97. The number of carbonyl (C=O) groups is 2. The van der Waals surface area contributed by atoms with Gasteiger partial charge in [0, 0.05) is 5.92 Å². The van der Waals surface area contributed by atoms with Gasteiger partial charge in [0.15, 0.2) is 5.78 Å². The summed E-state index contributed by atoms with van der Waals surface area (Å²) >= 11 is 0. The first-order chi connectivity index (χ1) is 11.5. The Balaban J connectivity index is 1.80. The van der Waals surface area contributed by atoms with Gasteiger partial charge in [0.2, 0.25) is 0 Å². The maximum Gasteiger partial charge on any atom is 0.309 e. The van der Waals surface area contributed by atoms with Gasteiger partial charge in [0.05, 0.1) is 24.6 Å². The summed E-state index contributed by atoms with van der Waals surface area (Å²) in [6, 6.07) is 9.85. The van der Waals surface area contributed by atoms with Gasteiger partial charge in [0.1, 0.15) is 0 Å². The van der Waals surface area contributed by atoms with Gasteiger partial charge in [-0.3, -0.25) is 15.0 Å². The highest BCUT2D eigenvalue weighted by atomic mass is 16.5. The average molecular weight is 331 g/mol. The van der Waals surface area contributed by atoms with Gasteiger partial charge in [-0.15, -0.1) is 0 Å². The topological polar surface area (TPSA) is 81.7 Å². The lowest BCUT2D eigenvalue weighted by Gasteiger charge is -2.32. The number of nitrogens with zero attached hydrogens (tertiary/aromatic N) is 1. The predicted molar refractivity (Wildman–Crippen MR) is 88.5 cm³/mol. The molecule has 0 amide bonds. The Bertz CT molecular complexity index is 621. The summed E-state index contributed by atoms with van der Waals surface area (Å²) in [6.07, 6.45) is 1.17. The second-order valence-corrected chi connectivity index (χ2v) is 6.69. The molecule has 0 aromatic heterocycles. The van der Waals surface area contributed by atoms with Crippen molar-refractivity contribution in [2.75, 3.05) is 13.2 Å². The lowest BCUT2D eigenvalue weighted by molar-refractivity contribution is -0.145. The Morgan fingerprint density at radius 2 is 2.12 bits per heavy atom. The second kappa shape index (κ2) is 6.63. The van der Waals surface area contributed by atoms with Crippen molar-refractivity contribution in [1.29, 1.82) is 0 Å². The van der Waals surface area contributed by atoms with Crippen LogP contribution in [-0.2, 0) is 20.7 Å². The van der Waals surface area contributed by atoms with Gasteiger partial charge in [-0.2, -0.15) is 0 Å². The molecule has 1 N–H and O–H groups in total. The van der Waals surface area contributed by atoms with E-state index in [0.29, 0.717) is 24.6 Å². The number of aryl methyl sites for hydroxylation is 1. The van der Waals surface area contributed by atoms with E-state index >= 15 is 0 Å². The van der Waals surface area contributed by atoms with Crippen LogP contribution < -0.4 is 5.43 Å². The molecule has 1 aromatic rings. The number of hydrogen-bond acceptors (Lipinski definition) is 6. The van der Waals surface area contributed by atoms with Gasteiger partial charge < -0.3 is 15.1 Å². The number of rotatable bonds is 6. The normalized spacial score (nSPS) is 32.8. The lowest BCUT2D eigenvalue weighted by atomic mass is 9.82. The highest BCUT2D eigenvalue weighted by molar-refractivity contribution is 5.94. The van der Waals surface area contributed by atoms with Crippen LogP contribution in [0.3, 0.4) is 0 Å². The molecule has 4 unspecified atom stereocenters. The molecule has 24 heavy (non-hydrogen) atoms.